The van der Waals surface area contributed by atoms with Crippen molar-refractivity contribution in [1.29, 1.82) is 0 Å². The van der Waals surface area contributed by atoms with Crippen LogP contribution in [0.1, 0.15) is 195 Å². The van der Waals surface area contributed by atoms with Crippen molar-refractivity contribution in [3.05, 3.63) is 100 Å². The van der Waals surface area contributed by atoms with E-state index in [1.807, 2.05) is 79.0 Å². The van der Waals surface area contributed by atoms with Gasteiger partial charge < -0.3 is 50.3 Å². The number of benzene rings is 2. The topological polar surface area (TPSA) is 255 Å². The molecule has 7 heterocycles. The molecule has 5 aromatic heterocycles. The number of likely N-dealkylation sites (N-methyl/N-ethyl adjacent to an activating group) is 1. The van der Waals surface area contributed by atoms with Gasteiger partial charge >= 0.3 is 5.97 Å². The van der Waals surface area contributed by atoms with Crippen LogP contribution in [-0.2, 0) is 38.6 Å². The quantitative estimate of drug-likeness (QED) is 0.0253. The number of fused-ring (bicyclic) bond motifs is 2. The summed E-state index contributed by atoms with van der Waals surface area (Å²) in [6.07, 6.45) is 19.7. The number of aromatic nitrogens is 7. The van der Waals surface area contributed by atoms with Gasteiger partial charge in [-0.15, -0.1) is 21.5 Å². The molecule has 102 heavy (non-hydrogen) atoms. The van der Waals surface area contributed by atoms with Crippen LogP contribution in [0, 0.1) is 42.4 Å². The third-order valence-electron chi connectivity index (χ3n) is 22.5. The van der Waals surface area contributed by atoms with Gasteiger partial charge in [0.2, 0.25) is 11.8 Å². The highest BCUT2D eigenvalue weighted by molar-refractivity contribution is 7.22. The molecule has 5 atom stereocenters. The van der Waals surface area contributed by atoms with E-state index in [4.69, 9.17) is 29.6 Å². The van der Waals surface area contributed by atoms with Crippen LogP contribution >= 0.6 is 22.7 Å². The molecule has 0 radical (unpaired) electrons. The maximum Gasteiger partial charge on any atom is 0.355 e. The lowest BCUT2D eigenvalue weighted by atomic mass is 9.39. The van der Waals surface area contributed by atoms with E-state index in [-0.39, 0.29) is 59.9 Å². The number of aryl methyl sites for hydroxylation is 1. The van der Waals surface area contributed by atoms with Gasteiger partial charge in [-0.3, -0.25) is 19.1 Å². The standard InChI is InChI=1S/C78H102FN13O8S2/c1-49-55-22-21-32-90(67(55)88-87-66(49)86-72-83-58-23-17-18-24-61(58)102-72)62-28-27-56(63(84-62)70(96)97)57-39-82-92(51(57)3)47-76-42-74(7)41-75(8,43-76)45-77(44-74,46-76)100-35-33-89(9)31-19-15-13-11-10-12-14-16-20-34-99-60-36-52(64-50(2)81-48-101-64)25-26-53(60)38-80-68(94)59-37-54(93)40-91(59)69(95)65(73(4,5)6)85-71(98)78(79)29-30-78/h17-18,23-28,36,39,48,54,59,65,93H,10-16,19-22,29-35,37-38,40-47H2,1-9H3,(H,80,94)(H,85,98)(H,96,97)(H,83,86,87)/t54-,59+,65-,74?,75?,76?,77?/m1/s1. The Labute approximate surface area is 606 Å². The number of unbranched alkanes of at least 4 members (excludes halogenated alkanes) is 8. The summed E-state index contributed by atoms with van der Waals surface area (Å²) >= 11 is 3.13. The number of alkyl halides is 1. The molecule has 5 aliphatic carbocycles. The molecule has 21 nitrogen and oxygen atoms in total. The van der Waals surface area contributed by atoms with E-state index in [9.17, 15) is 33.8 Å². The van der Waals surface area contributed by atoms with Crippen LogP contribution in [0.15, 0.2) is 66.3 Å². The summed E-state index contributed by atoms with van der Waals surface area (Å²) in [7, 11) is 2.23. The molecule has 5 saturated carbocycles. The molecule has 4 bridgehead atoms. The van der Waals surface area contributed by atoms with Gasteiger partial charge in [-0.05, 0) is 169 Å². The first kappa shape index (κ1) is 72.8. The fraction of sp³-hybridized carbons (Fsp3) is 0.590. The summed E-state index contributed by atoms with van der Waals surface area (Å²) in [5.41, 5.74) is 7.12. The van der Waals surface area contributed by atoms with E-state index in [1.54, 1.807) is 43.4 Å². The van der Waals surface area contributed by atoms with E-state index >= 15 is 0 Å². The Balaban J connectivity index is 0.541. The molecular weight excluding hydrogens is 1330 g/mol. The number of aliphatic hydroxyl groups excluding tert-OH is 1. The van der Waals surface area contributed by atoms with Gasteiger partial charge in [-0.2, -0.15) is 5.10 Å². The minimum Gasteiger partial charge on any atom is -0.493 e. The van der Waals surface area contributed by atoms with Gasteiger partial charge in [0, 0.05) is 72.7 Å². The van der Waals surface area contributed by atoms with Crippen LogP contribution in [0.4, 0.5) is 27.0 Å². The van der Waals surface area contributed by atoms with Gasteiger partial charge in [-0.1, -0.05) is 115 Å². The minimum absolute atomic E-state index is 0.000153. The van der Waals surface area contributed by atoms with Gasteiger partial charge in [0.05, 0.1) is 57.4 Å². The molecule has 3 amide bonds. The fourth-order valence-corrected chi connectivity index (χ4v) is 19.9. The smallest absolute Gasteiger partial charge is 0.355 e. The number of nitrogens with one attached hydrogen (secondary N) is 3. The summed E-state index contributed by atoms with van der Waals surface area (Å²) in [6.45, 7) is 21.0. The summed E-state index contributed by atoms with van der Waals surface area (Å²) < 4.78 is 31.6. The third-order valence-corrected chi connectivity index (χ3v) is 24.4. The number of thiazole rings is 2. The molecule has 1 saturated heterocycles. The SMILES string of the molecule is Cc1ncsc1-c1ccc(CNC(=O)[C@@H]2C[C@@H](O)CN2C(=O)[C@@H](NC(=O)C2(F)CC2)C(C)(C)C)c(OCCCCCCCCCCCN(C)CCOC23CC4(C)CC(C)(CC(Cn5ncc(-c6ccc(N7CCCc8c7nnc(Nc7nc9ccccc9s7)c8C)nc6C(=O)O)c5C)(C4)C2)C3)c1. The summed E-state index contributed by atoms with van der Waals surface area (Å²) in [4.78, 5) is 74.8. The Kier molecular flexibility index (Phi) is 21.1. The van der Waals surface area contributed by atoms with Crippen LogP contribution in [0.25, 0.3) is 31.8 Å². The van der Waals surface area contributed by atoms with Crippen LogP contribution < -0.4 is 25.6 Å². The molecule has 2 aromatic carbocycles. The van der Waals surface area contributed by atoms with E-state index in [0.717, 1.165) is 150 Å². The van der Waals surface area contributed by atoms with Gasteiger partial charge in [0.25, 0.3) is 5.91 Å². The first-order valence-electron chi connectivity index (χ1n) is 37.0. The molecule has 5 N–H and O–H groups in total. The summed E-state index contributed by atoms with van der Waals surface area (Å²) in [6, 6.07) is 15.7. The Morgan fingerprint density at radius 1 is 0.853 bits per heavy atom. The number of rotatable bonds is 31. The number of amides is 3. The number of carbonyl (C=O) groups excluding carboxylic acids is 3. The van der Waals surface area contributed by atoms with Crippen LogP contribution in [-0.4, -0.2) is 155 Å². The number of para-hydroxylation sites is 1. The van der Waals surface area contributed by atoms with Crippen molar-refractivity contribution in [2.45, 2.75) is 226 Å². The first-order chi connectivity index (χ1) is 48.7. The van der Waals surface area contributed by atoms with E-state index < -0.39 is 53.0 Å². The number of likely N-dealkylation sites (tertiary alicyclic amines) is 1. The molecule has 2 aliphatic heterocycles. The number of β-amino-alcohol motifs (C(OH)–C–C–N with tert-alkyl or cyclic N) is 1. The van der Waals surface area contributed by atoms with Crippen molar-refractivity contribution in [2.75, 3.05) is 56.7 Å². The van der Waals surface area contributed by atoms with Crippen molar-refractivity contribution < 1.29 is 43.3 Å². The van der Waals surface area contributed by atoms with Gasteiger partial charge in [0.15, 0.2) is 28.1 Å². The van der Waals surface area contributed by atoms with Crippen LogP contribution in [0.2, 0.25) is 0 Å². The molecule has 7 aliphatic rings. The van der Waals surface area contributed by atoms with E-state index in [0.29, 0.717) is 48.5 Å². The number of carbonyl (C=O) groups is 4. The number of hydrogen-bond acceptors (Lipinski definition) is 18. The summed E-state index contributed by atoms with van der Waals surface area (Å²) in [5, 5.41) is 45.6. The lowest BCUT2D eigenvalue weighted by Crippen LogP contribution is -2.64. The van der Waals surface area contributed by atoms with Gasteiger partial charge in [0.1, 0.15) is 23.7 Å². The zero-order valence-corrected chi connectivity index (χ0v) is 62.5. The monoisotopic (exact) mass is 1430 g/mol. The number of anilines is 4. The molecule has 6 fully saturated rings. The molecule has 7 aromatic rings. The van der Waals surface area contributed by atoms with Crippen molar-refractivity contribution >= 4 is 79.2 Å². The predicted molar refractivity (Wildman–Crippen MR) is 396 cm³/mol. The average molecular weight is 1430 g/mol. The first-order valence-corrected chi connectivity index (χ1v) is 38.7. The highest BCUT2D eigenvalue weighted by Gasteiger charge is 2.66. The number of carboxylic acids is 1. The van der Waals surface area contributed by atoms with E-state index in [2.05, 4.69) is 69.5 Å². The van der Waals surface area contributed by atoms with Crippen LogP contribution in [0.5, 0.6) is 5.75 Å². The highest BCUT2D eigenvalue weighted by atomic mass is 32.1. The molecule has 14 rings (SSSR count). The number of ether oxygens (including phenoxy) is 2. The summed E-state index contributed by atoms with van der Waals surface area (Å²) in [5.74, 6) is -0.323. The largest absolute Gasteiger partial charge is 0.493 e. The third kappa shape index (κ3) is 15.9. The second-order valence-corrected chi connectivity index (χ2v) is 34.4. The Morgan fingerprint density at radius 3 is 2.29 bits per heavy atom. The van der Waals surface area contributed by atoms with Crippen molar-refractivity contribution in [2.24, 2.45) is 21.7 Å². The maximum absolute atomic E-state index is 14.8. The zero-order valence-electron chi connectivity index (χ0n) is 60.9. The van der Waals surface area contributed by atoms with Crippen molar-refractivity contribution in [3.8, 4) is 27.3 Å². The van der Waals surface area contributed by atoms with Gasteiger partial charge in [-0.25, -0.2) is 24.1 Å². The lowest BCUT2D eigenvalue weighted by Gasteiger charge is -2.69. The van der Waals surface area contributed by atoms with E-state index in [1.165, 1.54) is 43.4 Å². The number of carboxylic acid groups (broad SMARTS) is 1. The number of nitrogens with zero attached hydrogens (tertiary/aromatic N) is 10. The Morgan fingerprint density at radius 2 is 1.59 bits per heavy atom. The predicted octanol–water partition coefficient (Wildman–Crippen LogP) is 14.2. The number of pyridine rings is 1. The number of hydrogen-bond donors (Lipinski definition) is 5. The Hall–Kier alpha value is -7.51. The van der Waals surface area contributed by atoms with Crippen LogP contribution in [0.3, 0.4) is 0 Å². The molecule has 0 spiro atoms. The molecule has 24 heteroatoms. The second-order valence-electron chi connectivity index (χ2n) is 32.5. The number of aromatic carboxylic acids is 1. The normalized spacial score (nSPS) is 23.6. The second kappa shape index (κ2) is 29.6. The Bertz CT molecular complexity index is 4190. The maximum atomic E-state index is 14.8. The van der Waals surface area contributed by atoms with Crippen molar-refractivity contribution in [3.63, 3.8) is 0 Å². The molecule has 546 valence electrons. The molecule has 2 unspecified atom stereocenters. The fourth-order valence-electron chi connectivity index (χ4n) is 18.3. The average Bonchev–Trinajstić information content (AvgIpc) is 0.820. The molecular formula is C78H102FN13O8S2. The lowest BCUT2D eigenvalue weighted by molar-refractivity contribution is -0.248. The minimum atomic E-state index is -1.97. The zero-order chi connectivity index (χ0) is 71.9. The highest BCUT2D eigenvalue weighted by Crippen LogP contribution is 2.72. The van der Waals surface area contributed by atoms with Crippen molar-refractivity contribution in [1.82, 2.24) is 55.4 Å². The number of halogens is 1. The number of aliphatic hydroxyl groups is 1.